The lowest BCUT2D eigenvalue weighted by molar-refractivity contribution is -0.124. The second kappa shape index (κ2) is 9.76. The maximum atomic E-state index is 12.2. The van der Waals surface area contributed by atoms with Crippen molar-refractivity contribution in [2.45, 2.75) is 19.9 Å². The summed E-state index contributed by atoms with van der Waals surface area (Å²) in [6, 6.07) is 7.54. The molecular formula is C19H23Cl2N3O2. The van der Waals surface area contributed by atoms with Gasteiger partial charge < -0.3 is 9.64 Å². The Morgan fingerprint density at radius 2 is 2.00 bits per heavy atom. The van der Waals surface area contributed by atoms with E-state index in [1.54, 1.807) is 29.8 Å². The lowest BCUT2D eigenvalue weighted by atomic mass is 10.2. The number of benzene rings is 1. The van der Waals surface area contributed by atoms with E-state index < -0.39 is 0 Å². The topological polar surface area (TPSA) is 47.4 Å². The number of nitrogens with zero attached hydrogens (tertiary/aromatic N) is 3. The number of likely N-dealkylation sites (N-methyl/N-ethyl adjacent to an activating group) is 1. The summed E-state index contributed by atoms with van der Waals surface area (Å²) < 4.78 is 6.71. The van der Waals surface area contributed by atoms with Gasteiger partial charge in [0.15, 0.2) is 0 Å². The third kappa shape index (κ3) is 5.59. The van der Waals surface area contributed by atoms with Crippen LogP contribution in [0.4, 0.5) is 0 Å². The van der Waals surface area contributed by atoms with Gasteiger partial charge in [-0.15, -0.1) is 0 Å². The van der Waals surface area contributed by atoms with Crippen LogP contribution >= 0.6 is 23.2 Å². The molecule has 0 saturated heterocycles. The number of halogens is 2. The number of hydrogen-bond acceptors (Lipinski definition) is 3. The molecule has 26 heavy (non-hydrogen) atoms. The third-order valence-electron chi connectivity index (χ3n) is 3.97. The molecule has 0 bridgehead atoms. The summed E-state index contributed by atoms with van der Waals surface area (Å²) in [4.78, 5) is 13.8. The number of aryl methyl sites for hydroxylation is 1. The Kier molecular flexibility index (Phi) is 7.69. The largest absolute Gasteiger partial charge is 0.385 e. The van der Waals surface area contributed by atoms with Crippen molar-refractivity contribution in [2.75, 3.05) is 27.3 Å². The van der Waals surface area contributed by atoms with Gasteiger partial charge in [0.1, 0.15) is 5.15 Å². The number of aromatic nitrogens is 2. The highest BCUT2D eigenvalue weighted by atomic mass is 35.5. The highest BCUT2D eigenvalue weighted by molar-refractivity contribution is 6.31. The number of methoxy groups -OCH3 is 1. The summed E-state index contributed by atoms with van der Waals surface area (Å²) >= 11 is 12.4. The number of hydrogen-bond donors (Lipinski definition) is 0. The van der Waals surface area contributed by atoms with E-state index in [9.17, 15) is 4.79 Å². The second-order valence-electron chi connectivity index (χ2n) is 6.01. The SMILES string of the molecule is COCCCN(C)C(=O)/C=C/c1c(C)nn(Cc2ccc(Cl)cc2)c1Cl. The van der Waals surface area contributed by atoms with Crippen molar-refractivity contribution in [3.8, 4) is 0 Å². The molecule has 0 unspecified atom stereocenters. The summed E-state index contributed by atoms with van der Waals surface area (Å²) in [7, 11) is 3.41. The Morgan fingerprint density at radius 3 is 2.65 bits per heavy atom. The molecule has 0 aliphatic rings. The van der Waals surface area contributed by atoms with E-state index in [2.05, 4.69) is 5.10 Å². The van der Waals surface area contributed by atoms with Gasteiger partial charge in [0, 0.05) is 44.0 Å². The zero-order valence-corrected chi connectivity index (χ0v) is 16.7. The summed E-state index contributed by atoms with van der Waals surface area (Å²) in [5.41, 5.74) is 2.57. The molecule has 0 saturated carbocycles. The predicted octanol–water partition coefficient (Wildman–Crippen LogP) is 4.05. The highest BCUT2D eigenvalue weighted by Crippen LogP contribution is 2.22. The van der Waals surface area contributed by atoms with Crippen LogP contribution in [-0.2, 0) is 16.1 Å². The zero-order chi connectivity index (χ0) is 19.1. The van der Waals surface area contributed by atoms with Crippen molar-refractivity contribution in [3.05, 3.63) is 57.3 Å². The van der Waals surface area contributed by atoms with Crippen molar-refractivity contribution in [1.82, 2.24) is 14.7 Å². The zero-order valence-electron chi connectivity index (χ0n) is 15.2. The monoisotopic (exact) mass is 395 g/mol. The Bertz CT molecular complexity index is 770. The van der Waals surface area contributed by atoms with E-state index in [4.69, 9.17) is 27.9 Å². The lowest BCUT2D eigenvalue weighted by Crippen LogP contribution is -2.26. The maximum absolute atomic E-state index is 12.2. The molecule has 0 fully saturated rings. The van der Waals surface area contributed by atoms with Crippen LogP contribution in [0.15, 0.2) is 30.3 Å². The molecule has 0 aliphatic carbocycles. The third-order valence-corrected chi connectivity index (χ3v) is 4.62. The highest BCUT2D eigenvalue weighted by Gasteiger charge is 2.12. The van der Waals surface area contributed by atoms with E-state index in [-0.39, 0.29) is 5.91 Å². The van der Waals surface area contributed by atoms with Crippen LogP contribution in [0.25, 0.3) is 6.08 Å². The molecule has 2 aromatic rings. The number of rotatable bonds is 8. The van der Waals surface area contributed by atoms with Crippen molar-refractivity contribution in [1.29, 1.82) is 0 Å². The average molecular weight is 396 g/mol. The fraction of sp³-hybridized carbons (Fsp3) is 0.368. The second-order valence-corrected chi connectivity index (χ2v) is 6.81. The fourth-order valence-corrected chi connectivity index (χ4v) is 2.89. The lowest BCUT2D eigenvalue weighted by Gasteiger charge is -2.14. The van der Waals surface area contributed by atoms with Gasteiger partial charge in [0.05, 0.1) is 12.2 Å². The number of carbonyl (C=O) groups excluding carboxylic acids is 1. The molecule has 1 aromatic heterocycles. The summed E-state index contributed by atoms with van der Waals surface area (Å²) in [6.07, 6.45) is 4.04. The van der Waals surface area contributed by atoms with Gasteiger partial charge in [0.2, 0.25) is 5.91 Å². The Morgan fingerprint density at radius 1 is 1.31 bits per heavy atom. The van der Waals surface area contributed by atoms with Crippen LogP contribution in [0.2, 0.25) is 10.2 Å². The maximum Gasteiger partial charge on any atom is 0.246 e. The minimum Gasteiger partial charge on any atom is -0.385 e. The first-order valence-corrected chi connectivity index (χ1v) is 9.07. The van der Waals surface area contributed by atoms with E-state index in [0.717, 1.165) is 23.2 Å². The molecule has 0 radical (unpaired) electrons. The molecule has 1 heterocycles. The summed E-state index contributed by atoms with van der Waals surface area (Å²) in [5, 5.41) is 5.66. The summed E-state index contributed by atoms with van der Waals surface area (Å²) in [5.74, 6) is -0.0815. The number of amides is 1. The normalized spacial score (nSPS) is 11.3. The standard InChI is InChI=1S/C19H23Cl2N3O2/c1-14-17(9-10-18(25)23(2)11-4-12-26-3)19(21)24(22-14)13-15-5-7-16(20)8-6-15/h5-10H,4,11-13H2,1-3H3/b10-9+. The smallest absolute Gasteiger partial charge is 0.246 e. The van der Waals surface area contributed by atoms with Crippen LogP contribution in [-0.4, -0.2) is 47.9 Å². The minimum absolute atomic E-state index is 0.0815. The number of carbonyl (C=O) groups is 1. The van der Waals surface area contributed by atoms with Crippen LogP contribution < -0.4 is 0 Å². The van der Waals surface area contributed by atoms with Gasteiger partial charge in [0.25, 0.3) is 0 Å². The fourth-order valence-electron chi connectivity index (χ4n) is 2.46. The van der Waals surface area contributed by atoms with E-state index in [1.165, 1.54) is 6.08 Å². The molecule has 1 amide bonds. The Labute approximate surface area is 164 Å². The first kappa shape index (κ1) is 20.5. The van der Waals surface area contributed by atoms with Gasteiger partial charge in [-0.05, 0) is 37.1 Å². The van der Waals surface area contributed by atoms with Crippen LogP contribution in [0, 0.1) is 6.92 Å². The van der Waals surface area contributed by atoms with Gasteiger partial charge in [-0.3, -0.25) is 4.79 Å². The first-order valence-electron chi connectivity index (χ1n) is 8.32. The van der Waals surface area contributed by atoms with Crippen molar-refractivity contribution in [3.63, 3.8) is 0 Å². The molecule has 5 nitrogen and oxygen atoms in total. The van der Waals surface area contributed by atoms with Crippen LogP contribution in [0.3, 0.4) is 0 Å². The minimum atomic E-state index is -0.0815. The van der Waals surface area contributed by atoms with E-state index in [0.29, 0.717) is 29.9 Å². The van der Waals surface area contributed by atoms with Crippen LogP contribution in [0.5, 0.6) is 0 Å². The van der Waals surface area contributed by atoms with Crippen LogP contribution in [0.1, 0.15) is 23.2 Å². The summed E-state index contributed by atoms with van der Waals surface area (Å²) in [6.45, 7) is 3.68. The molecule has 1 aromatic carbocycles. The quantitative estimate of drug-likeness (QED) is 0.500. The molecule has 140 valence electrons. The van der Waals surface area contributed by atoms with Gasteiger partial charge in [-0.2, -0.15) is 5.10 Å². The number of ether oxygens (including phenoxy) is 1. The molecule has 0 spiro atoms. The molecule has 0 atom stereocenters. The van der Waals surface area contributed by atoms with E-state index in [1.807, 2.05) is 31.2 Å². The molecule has 2 rings (SSSR count). The van der Waals surface area contributed by atoms with Gasteiger partial charge in [-0.25, -0.2) is 4.68 Å². The van der Waals surface area contributed by atoms with Crippen molar-refractivity contribution in [2.24, 2.45) is 0 Å². The molecule has 0 aliphatic heterocycles. The predicted molar refractivity (Wildman–Crippen MR) is 106 cm³/mol. The Balaban J connectivity index is 2.07. The Hall–Kier alpha value is -1.82. The molecular weight excluding hydrogens is 373 g/mol. The van der Waals surface area contributed by atoms with Gasteiger partial charge in [-0.1, -0.05) is 35.3 Å². The van der Waals surface area contributed by atoms with Gasteiger partial charge >= 0.3 is 0 Å². The average Bonchev–Trinajstić information content (AvgIpc) is 2.88. The molecule has 7 heteroatoms. The molecule has 0 N–H and O–H groups in total. The first-order chi connectivity index (χ1) is 12.4. The van der Waals surface area contributed by atoms with Crippen molar-refractivity contribution >= 4 is 35.2 Å². The van der Waals surface area contributed by atoms with Crippen molar-refractivity contribution < 1.29 is 9.53 Å². The van der Waals surface area contributed by atoms with E-state index >= 15 is 0 Å².